The first-order valence-electron chi connectivity index (χ1n) is 6.26. The number of nitro groups is 1. The highest BCUT2D eigenvalue weighted by atomic mass is 32.1. The molecule has 1 heterocycles. The molecule has 0 radical (unpaired) electrons. The first-order chi connectivity index (χ1) is 10.1. The van der Waals surface area contributed by atoms with E-state index in [4.69, 9.17) is 0 Å². The summed E-state index contributed by atoms with van der Waals surface area (Å²) < 4.78 is 0. The molecular formula is C15H14N2O3S. The van der Waals surface area contributed by atoms with Crippen LogP contribution >= 0.6 is 11.3 Å². The molecule has 1 amide bonds. The molecule has 6 heteroatoms. The van der Waals surface area contributed by atoms with Gasteiger partial charge in [-0.3, -0.25) is 14.9 Å². The van der Waals surface area contributed by atoms with Crippen LogP contribution in [0.2, 0.25) is 0 Å². The summed E-state index contributed by atoms with van der Waals surface area (Å²) in [6, 6.07) is 10.1. The minimum absolute atomic E-state index is 0.0301. The molecule has 1 aromatic carbocycles. The van der Waals surface area contributed by atoms with Crippen molar-refractivity contribution in [1.82, 2.24) is 4.90 Å². The molecule has 1 aromatic heterocycles. The van der Waals surface area contributed by atoms with Crippen molar-refractivity contribution < 1.29 is 9.72 Å². The van der Waals surface area contributed by atoms with E-state index in [1.165, 1.54) is 23.1 Å². The predicted octanol–water partition coefficient (Wildman–Crippen LogP) is 3.33. The summed E-state index contributed by atoms with van der Waals surface area (Å²) in [5, 5.41) is 12.7. The van der Waals surface area contributed by atoms with E-state index in [1.54, 1.807) is 36.6 Å². The van der Waals surface area contributed by atoms with Crippen molar-refractivity contribution in [3.8, 4) is 0 Å². The molecule has 2 rings (SSSR count). The normalized spacial score (nSPS) is 10.7. The van der Waals surface area contributed by atoms with Gasteiger partial charge in [0.05, 0.1) is 4.92 Å². The summed E-state index contributed by atoms with van der Waals surface area (Å²) in [6.45, 7) is 0.329. The van der Waals surface area contributed by atoms with Crippen LogP contribution in [-0.4, -0.2) is 22.8 Å². The van der Waals surface area contributed by atoms with Crippen molar-refractivity contribution in [2.45, 2.75) is 6.54 Å². The van der Waals surface area contributed by atoms with Gasteiger partial charge in [0.1, 0.15) is 0 Å². The van der Waals surface area contributed by atoms with Gasteiger partial charge in [0.25, 0.3) is 5.69 Å². The van der Waals surface area contributed by atoms with Crippen molar-refractivity contribution in [2.75, 3.05) is 7.05 Å². The standard InChI is InChI=1S/C15H14N2O3S/c1-16(15(18)8-7-14-6-3-9-21-14)11-12-4-2-5-13(10-12)17(19)20/h2-10H,11H2,1H3. The van der Waals surface area contributed by atoms with Crippen LogP contribution in [0.1, 0.15) is 10.4 Å². The van der Waals surface area contributed by atoms with E-state index < -0.39 is 4.92 Å². The van der Waals surface area contributed by atoms with E-state index in [0.717, 1.165) is 10.4 Å². The maximum Gasteiger partial charge on any atom is 0.269 e. The van der Waals surface area contributed by atoms with Crippen molar-refractivity contribution in [1.29, 1.82) is 0 Å². The highest BCUT2D eigenvalue weighted by Crippen LogP contribution is 2.15. The van der Waals surface area contributed by atoms with Crippen LogP contribution in [0.4, 0.5) is 5.69 Å². The van der Waals surface area contributed by atoms with Gasteiger partial charge in [0, 0.05) is 36.7 Å². The molecule has 21 heavy (non-hydrogen) atoms. The van der Waals surface area contributed by atoms with Gasteiger partial charge in [-0.1, -0.05) is 18.2 Å². The Morgan fingerprint density at radius 1 is 1.38 bits per heavy atom. The first-order valence-corrected chi connectivity index (χ1v) is 7.14. The third-order valence-corrected chi connectivity index (χ3v) is 3.69. The number of rotatable bonds is 5. The van der Waals surface area contributed by atoms with Gasteiger partial charge in [-0.05, 0) is 23.1 Å². The molecule has 0 saturated heterocycles. The lowest BCUT2D eigenvalue weighted by molar-refractivity contribution is -0.384. The lowest BCUT2D eigenvalue weighted by atomic mass is 10.2. The molecule has 0 spiro atoms. The van der Waals surface area contributed by atoms with Crippen LogP contribution in [0.25, 0.3) is 6.08 Å². The molecule has 5 nitrogen and oxygen atoms in total. The second kappa shape index (κ2) is 6.81. The monoisotopic (exact) mass is 302 g/mol. The summed E-state index contributed by atoms with van der Waals surface area (Å²) in [5.41, 5.74) is 0.757. The van der Waals surface area contributed by atoms with E-state index in [0.29, 0.717) is 6.54 Å². The highest BCUT2D eigenvalue weighted by molar-refractivity contribution is 7.10. The molecule has 0 N–H and O–H groups in total. The number of carbonyl (C=O) groups is 1. The second-order valence-electron chi connectivity index (χ2n) is 4.47. The molecule has 0 bridgehead atoms. The molecular weight excluding hydrogens is 288 g/mol. The van der Waals surface area contributed by atoms with E-state index >= 15 is 0 Å². The van der Waals surface area contributed by atoms with Crippen molar-refractivity contribution >= 4 is 29.0 Å². The van der Waals surface area contributed by atoms with Crippen molar-refractivity contribution in [2.24, 2.45) is 0 Å². The smallest absolute Gasteiger partial charge is 0.269 e. The summed E-state index contributed by atoms with van der Waals surface area (Å²) in [5.74, 6) is -0.144. The minimum atomic E-state index is -0.442. The molecule has 0 aliphatic rings. The van der Waals surface area contributed by atoms with Crippen LogP contribution in [0, 0.1) is 10.1 Å². The zero-order valence-electron chi connectivity index (χ0n) is 11.4. The Labute approximate surface area is 126 Å². The molecule has 2 aromatic rings. The van der Waals surface area contributed by atoms with Crippen LogP contribution < -0.4 is 0 Å². The topological polar surface area (TPSA) is 63.4 Å². The molecule has 108 valence electrons. The third-order valence-electron chi connectivity index (χ3n) is 2.85. The number of hydrogen-bond donors (Lipinski definition) is 0. The molecule has 0 saturated carbocycles. The lowest BCUT2D eigenvalue weighted by Gasteiger charge is -2.14. The fourth-order valence-corrected chi connectivity index (χ4v) is 2.40. The first kappa shape index (κ1) is 14.9. The zero-order chi connectivity index (χ0) is 15.2. The number of carbonyl (C=O) groups excluding carboxylic acids is 1. The molecule has 0 aliphatic heterocycles. The quantitative estimate of drug-likeness (QED) is 0.483. The van der Waals surface area contributed by atoms with E-state index in [9.17, 15) is 14.9 Å². The number of likely N-dealkylation sites (N-methyl/N-ethyl adjacent to an activating group) is 1. The highest BCUT2D eigenvalue weighted by Gasteiger charge is 2.09. The molecule has 0 atom stereocenters. The van der Waals surface area contributed by atoms with Gasteiger partial charge in [-0.25, -0.2) is 0 Å². The van der Waals surface area contributed by atoms with Crippen LogP contribution in [0.5, 0.6) is 0 Å². The number of nitrogens with zero attached hydrogens (tertiary/aromatic N) is 2. The Kier molecular flexibility index (Phi) is 4.84. The van der Waals surface area contributed by atoms with Gasteiger partial charge in [-0.2, -0.15) is 0 Å². The van der Waals surface area contributed by atoms with Crippen LogP contribution in [0.3, 0.4) is 0 Å². The number of non-ortho nitro benzene ring substituents is 1. The van der Waals surface area contributed by atoms with E-state index in [-0.39, 0.29) is 11.6 Å². The van der Waals surface area contributed by atoms with Crippen molar-refractivity contribution in [3.05, 3.63) is 68.4 Å². The van der Waals surface area contributed by atoms with Gasteiger partial charge >= 0.3 is 0 Å². The Hall–Kier alpha value is -2.47. The van der Waals surface area contributed by atoms with Gasteiger partial charge < -0.3 is 4.90 Å². The van der Waals surface area contributed by atoms with E-state index in [2.05, 4.69) is 0 Å². The maximum atomic E-state index is 12.0. The third kappa shape index (κ3) is 4.25. The number of amides is 1. The van der Waals surface area contributed by atoms with Gasteiger partial charge in [0.15, 0.2) is 0 Å². The summed E-state index contributed by atoms with van der Waals surface area (Å²) in [7, 11) is 1.67. The number of nitro benzene ring substituents is 1. The second-order valence-corrected chi connectivity index (χ2v) is 5.45. The Bertz CT molecular complexity index is 665. The fourth-order valence-electron chi connectivity index (χ4n) is 1.79. The van der Waals surface area contributed by atoms with Crippen molar-refractivity contribution in [3.63, 3.8) is 0 Å². The van der Waals surface area contributed by atoms with Gasteiger partial charge in [0.2, 0.25) is 5.91 Å². The predicted molar refractivity (Wildman–Crippen MR) is 82.9 cm³/mol. The minimum Gasteiger partial charge on any atom is -0.338 e. The Balaban J connectivity index is 2.00. The maximum absolute atomic E-state index is 12.0. The summed E-state index contributed by atoms with van der Waals surface area (Å²) in [6.07, 6.45) is 3.26. The lowest BCUT2D eigenvalue weighted by Crippen LogP contribution is -2.24. The number of benzene rings is 1. The zero-order valence-corrected chi connectivity index (χ0v) is 12.2. The average Bonchev–Trinajstić information content (AvgIpc) is 2.98. The molecule has 0 unspecified atom stereocenters. The largest absolute Gasteiger partial charge is 0.338 e. The average molecular weight is 302 g/mol. The van der Waals surface area contributed by atoms with Crippen LogP contribution in [-0.2, 0) is 11.3 Å². The molecule has 0 fully saturated rings. The Morgan fingerprint density at radius 3 is 2.86 bits per heavy atom. The van der Waals surface area contributed by atoms with Gasteiger partial charge in [-0.15, -0.1) is 11.3 Å². The van der Waals surface area contributed by atoms with Crippen LogP contribution in [0.15, 0.2) is 47.9 Å². The number of thiophene rings is 1. The SMILES string of the molecule is CN(Cc1cccc([N+](=O)[O-])c1)C(=O)C=Cc1cccs1. The summed E-state index contributed by atoms with van der Waals surface area (Å²) >= 11 is 1.55. The number of hydrogen-bond acceptors (Lipinski definition) is 4. The molecule has 0 aliphatic carbocycles. The Morgan fingerprint density at radius 2 is 2.19 bits per heavy atom. The fraction of sp³-hybridized carbons (Fsp3) is 0.133. The summed E-state index contributed by atoms with van der Waals surface area (Å²) in [4.78, 5) is 24.8. The van der Waals surface area contributed by atoms with E-state index in [1.807, 2.05) is 17.5 Å².